The number of hydrogen-bond acceptors (Lipinski definition) is 5. The second kappa shape index (κ2) is 15.3. The van der Waals surface area contributed by atoms with Crippen LogP contribution in [0.25, 0.3) is 0 Å². The third-order valence-corrected chi connectivity index (χ3v) is 4.55. The minimum absolute atomic E-state index is 0.162. The topological polar surface area (TPSA) is 54.0 Å². The minimum atomic E-state index is -0.383. The van der Waals surface area contributed by atoms with Crippen LogP contribution < -0.4 is 4.74 Å². The predicted molar refractivity (Wildman–Crippen MR) is 111 cm³/mol. The second-order valence-electron chi connectivity index (χ2n) is 7.12. The summed E-state index contributed by atoms with van der Waals surface area (Å²) in [4.78, 5) is 12.3. The number of unbranched alkanes of at least 4 members (excludes halogenated alkanes) is 1. The van der Waals surface area contributed by atoms with Gasteiger partial charge in [-0.15, -0.1) is 0 Å². The van der Waals surface area contributed by atoms with Crippen LogP contribution in [-0.4, -0.2) is 38.2 Å². The minimum Gasteiger partial charge on any atom is -0.491 e. The molecule has 0 aromatic heterocycles. The highest BCUT2D eigenvalue weighted by Gasteiger charge is 2.19. The summed E-state index contributed by atoms with van der Waals surface area (Å²) in [7, 11) is 0. The summed E-state index contributed by atoms with van der Waals surface area (Å²) in [6.07, 6.45) is 4.98. The Morgan fingerprint density at radius 1 is 1.04 bits per heavy atom. The van der Waals surface area contributed by atoms with Gasteiger partial charge in [-0.25, -0.2) is 0 Å². The highest BCUT2D eigenvalue weighted by Crippen LogP contribution is 2.17. The number of carbonyl (C=O) groups is 1. The van der Waals surface area contributed by atoms with Crippen LogP contribution >= 0.6 is 0 Å². The van der Waals surface area contributed by atoms with E-state index in [1.165, 1.54) is 0 Å². The molecule has 0 aliphatic carbocycles. The largest absolute Gasteiger partial charge is 0.491 e. The molecule has 0 saturated carbocycles. The van der Waals surface area contributed by atoms with Crippen molar-refractivity contribution in [3.63, 3.8) is 0 Å². The van der Waals surface area contributed by atoms with Gasteiger partial charge in [0.05, 0.1) is 0 Å². The maximum Gasteiger partial charge on any atom is 0.306 e. The summed E-state index contributed by atoms with van der Waals surface area (Å²) in [5.74, 6) is 0.979. The van der Waals surface area contributed by atoms with E-state index in [4.69, 9.17) is 18.9 Å². The molecule has 0 spiro atoms. The normalized spacial score (nSPS) is 14.3. The van der Waals surface area contributed by atoms with Crippen molar-refractivity contribution in [1.82, 2.24) is 0 Å². The summed E-state index contributed by atoms with van der Waals surface area (Å²) in [6.45, 7) is 9.28. The van der Waals surface area contributed by atoms with E-state index in [0.717, 1.165) is 37.9 Å². The predicted octanol–water partition coefficient (Wildman–Crippen LogP) is 5.37. The quantitative estimate of drug-likeness (QED) is 0.279. The average molecular weight is 395 g/mol. The van der Waals surface area contributed by atoms with E-state index >= 15 is 0 Å². The molecule has 0 aliphatic heterocycles. The fourth-order valence-corrected chi connectivity index (χ4v) is 2.85. The molecule has 5 nitrogen and oxygen atoms in total. The van der Waals surface area contributed by atoms with E-state index in [1.807, 2.05) is 44.2 Å². The van der Waals surface area contributed by atoms with E-state index in [9.17, 15) is 4.79 Å². The van der Waals surface area contributed by atoms with Crippen LogP contribution in [0.5, 0.6) is 5.75 Å². The van der Waals surface area contributed by atoms with Gasteiger partial charge in [0.2, 0.25) is 0 Å². The van der Waals surface area contributed by atoms with Crippen molar-refractivity contribution >= 4 is 5.97 Å². The lowest BCUT2D eigenvalue weighted by atomic mass is 9.96. The summed E-state index contributed by atoms with van der Waals surface area (Å²) >= 11 is 0. The zero-order valence-electron chi connectivity index (χ0n) is 18.0. The Bertz CT molecular complexity index is 505. The van der Waals surface area contributed by atoms with Gasteiger partial charge in [0.25, 0.3) is 0 Å². The Labute approximate surface area is 170 Å². The van der Waals surface area contributed by atoms with E-state index < -0.39 is 0 Å². The van der Waals surface area contributed by atoms with Crippen LogP contribution in [0.2, 0.25) is 0 Å². The molecule has 1 aromatic rings. The average Bonchev–Trinajstić information content (AvgIpc) is 2.72. The lowest BCUT2D eigenvalue weighted by Gasteiger charge is -2.23. The summed E-state index contributed by atoms with van der Waals surface area (Å²) in [5.41, 5.74) is 0. The summed E-state index contributed by atoms with van der Waals surface area (Å²) in [5, 5.41) is 0. The van der Waals surface area contributed by atoms with Gasteiger partial charge in [-0.3, -0.25) is 4.79 Å². The van der Waals surface area contributed by atoms with Crippen LogP contribution in [-0.2, 0) is 19.0 Å². The molecule has 0 aliphatic rings. The number of ether oxygens (including phenoxy) is 4. The van der Waals surface area contributed by atoms with E-state index in [2.05, 4.69) is 13.8 Å². The Hall–Kier alpha value is -1.59. The van der Waals surface area contributed by atoms with E-state index in [-0.39, 0.29) is 25.0 Å². The number of carbonyl (C=O) groups excluding carboxylic acids is 1. The fraction of sp³-hybridized carbons (Fsp3) is 0.696. The van der Waals surface area contributed by atoms with Crippen LogP contribution in [0.1, 0.15) is 66.2 Å². The molecule has 0 saturated heterocycles. The lowest BCUT2D eigenvalue weighted by Crippen LogP contribution is -2.33. The van der Waals surface area contributed by atoms with Crippen molar-refractivity contribution < 1.29 is 23.7 Å². The van der Waals surface area contributed by atoms with Gasteiger partial charge in [0.15, 0.2) is 6.29 Å². The molecular weight excluding hydrogens is 356 g/mol. The summed E-state index contributed by atoms with van der Waals surface area (Å²) < 4.78 is 22.8. The molecule has 0 N–H and O–H groups in total. The van der Waals surface area contributed by atoms with Gasteiger partial charge >= 0.3 is 5.97 Å². The highest BCUT2D eigenvalue weighted by atomic mass is 16.7. The molecular formula is C23H38O5. The molecule has 5 heteroatoms. The Morgan fingerprint density at radius 3 is 2.43 bits per heavy atom. The van der Waals surface area contributed by atoms with Crippen molar-refractivity contribution in [3.05, 3.63) is 30.3 Å². The third-order valence-electron chi connectivity index (χ3n) is 4.55. The zero-order valence-corrected chi connectivity index (χ0v) is 18.0. The van der Waals surface area contributed by atoms with Crippen LogP contribution in [0.15, 0.2) is 30.3 Å². The zero-order chi connectivity index (χ0) is 20.6. The van der Waals surface area contributed by atoms with Gasteiger partial charge in [-0.2, -0.15) is 0 Å². The smallest absolute Gasteiger partial charge is 0.306 e. The fourth-order valence-electron chi connectivity index (χ4n) is 2.85. The van der Waals surface area contributed by atoms with Gasteiger partial charge in [-0.1, -0.05) is 58.2 Å². The number of benzene rings is 1. The molecule has 0 bridgehead atoms. The Morgan fingerprint density at radius 2 is 1.79 bits per heavy atom. The molecule has 160 valence electrons. The van der Waals surface area contributed by atoms with Crippen molar-refractivity contribution in [2.75, 3.05) is 19.8 Å². The van der Waals surface area contributed by atoms with Crippen molar-refractivity contribution in [1.29, 1.82) is 0 Å². The maximum absolute atomic E-state index is 12.3. The number of esters is 1. The first-order chi connectivity index (χ1) is 13.6. The van der Waals surface area contributed by atoms with E-state index in [0.29, 0.717) is 25.6 Å². The Kier molecular flexibility index (Phi) is 13.4. The van der Waals surface area contributed by atoms with Gasteiger partial charge in [-0.05, 0) is 37.8 Å². The number of para-hydroxylation sites is 1. The monoisotopic (exact) mass is 394 g/mol. The maximum atomic E-state index is 12.3. The van der Waals surface area contributed by atoms with Crippen molar-refractivity contribution in [3.8, 4) is 5.75 Å². The van der Waals surface area contributed by atoms with Gasteiger partial charge in [0, 0.05) is 13.0 Å². The second-order valence-corrected chi connectivity index (χ2v) is 7.12. The Balaban J connectivity index is 2.51. The molecule has 1 rings (SSSR count). The molecule has 0 amide bonds. The highest BCUT2D eigenvalue weighted by molar-refractivity contribution is 5.69. The van der Waals surface area contributed by atoms with Gasteiger partial charge < -0.3 is 18.9 Å². The summed E-state index contributed by atoms with van der Waals surface area (Å²) in [6, 6.07) is 9.55. The number of hydrogen-bond donors (Lipinski definition) is 0. The van der Waals surface area contributed by atoms with Crippen molar-refractivity contribution in [2.24, 2.45) is 5.92 Å². The van der Waals surface area contributed by atoms with Crippen molar-refractivity contribution in [2.45, 2.75) is 78.6 Å². The first-order valence-corrected chi connectivity index (χ1v) is 10.7. The van der Waals surface area contributed by atoms with Gasteiger partial charge in [0.1, 0.15) is 25.1 Å². The first kappa shape index (κ1) is 24.4. The molecule has 0 heterocycles. The molecule has 3 atom stereocenters. The first-order valence-electron chi connectivity index (χ1n) is 10.7. The molecule has 1 aromatic carbocycles. The third kappa shape index (κ3) is 11.3. The molecule has 0 fully saturated rings. The van der Waals surface area contributed by atoms with E-state index in [1.54, 1.807) is 0 Å². The van der Waals surface area contributed by atoms with Crippen LogP contribution in [0.3, 0.4) is 0 Å². The molecule has 0 radical (unpaired) electrons. The lowest BCUT2D eigenvalue weighted by molar-refractivity contribution is -0.184. The molecule has 28 heavy (non-hydrogen) atoms. The SMILES string of the molecule is CCCCC(CC)CC(=O)OCC(COc1ccccc1)OC(C)OCCC. The van der Waals surface area contributed by atoms with Crippen LogP contribution in [0.4, 0.5) is 0 Å². The molecule has 3 unspecified atom stereocenters. The van der Waals surface area contributed by atoms with Crippen LogP contribution in [0, 0.1) is 5.92 Å². The number of rotatable bonds is 16. The standard InChI is InChI=1S/C23H38O5/c1-5-8-12-20(7-3)16-23(24)27-18-22(28-19(4)25-15-6-2)17-26-21-13-10-9-11-14-21/h9-11,13-14,19-20,22H,5-8,12,15-18H2,1-4H3.